The summed E-state index contributed by atoms with van der Waals surface area (Å²) in [5.74, 6) is 0.141. The van der Waals surface area contributed by atoms with Gasteiger partial charge in [0.25, 0.3) is 0 Å². The van der Waals surface area contributed by atoms with Gasteiger partial charge in [0.05, 0.1) is 24.3 Å². The molecule has 3 aromatic rings. The van der Waals surface area contributed by atoms with Gasteiger partial charge < -0.3 is 24.6 Å². The molecule has 11 heteroatoms. The highest BCUT2D eigenvalue weighted by molar-refractivity contribution is 5.87. The summed E-state index contributed by atoms with van der Waals surface area (Å²) in [4.78, 5) is 46.3. The molecule has 46 heavy (non-hydrogen) atoms. The van der Waals surface area contributed by atoms with E-state index in [4.69, 9.17) is 24.0 Å². The van der Waals surface area contributed by atoms with E-state index in [9.17, 15) is 19.5 Å². The summed E-state index contributed by atoms with van der Waals surface area (Å²) in [6.45, 7) is 10.1. The van der Waals surface area contributed by atoms with Crippen LogP contribution in [-0.4, -0.2) is 65.0 Å². The maximum Gasteiger partial charge on any atom is 0.306 e. The Morgan fingerprint density at radius 2 is 1.72 bits per heavy atom. The molecule has 1 aliphatic rings. The second-order valence-corrected chi connectivity index (χ2v) is 13.0. The second kappa shape index (κ2) is 15.1. The monoisotopic (exact) mass is 633 g/mol. The molecule has 1 unspecified atom stereocenters. The highest BCUT2D eigenvalue weighted by Crippen LogP contribution is 2.37. The van der Waals surface area contributed by atoms with Gasteiger partial charge in [-0.2, -0.15) is 0 Å². The molecule has 4 rings (SSSR count). The Balaban J connectivity index is 1.33. The number of pyridine rings is 1. The summed E-state index contributed by atoms with van der Waals surface area (Å²) in [7, 11) is 0. The van der Waals surface area contributed by atoms with Crippen LogP contribution in [0.4, 0.5) is 0 Å². The van der Waals surface area contributed by atoms with Crippen LogP contribution in [0.25, 0.3) is 22.4 Å². The van der Waals surface area contributed by atoms with Crippen molar-refractivity contribution < 1.29 is 38.5 Å². The molecule has 2 heterocycles. The molecule has 246 valence electrons. The second-order valence-electron chi connectivity index (χ2n) is 13.0. The highest BCUT2D eigenvalue weighted by atomic mass is 16.7. The van der Waals surface area contributed by atoms with Crippen molar-refractivity contribution in [1.29, 1.82) is 0 Å². The third-order valence-electron chi connectivity index (χ3n) is 7.28. The number of aromatic nitrogens is 1. The van der Waals surface area contributed by atoms with Gasteiger partial charge in [-0.15, -0.1) is 0 Å². The predicted molar refractivity (Wildman–Crippen MR) is 172 cm³/mol. The molecule has 0 saturated heterocycles. The number of carboxylic acids is 1. The minimum Gasteiger partial charge on any atom is -0.481 e. The number of benzene rings is 2. The normalized spacial score (nSPS) is 13.2. The predicted octanol–water partition coefficient (Wildman–Crippen LogP) is 5.87. The smallest absolute Gasteiger partial charge is 0.306 e. The summed E-state index contributed by atoms with van der Waals surface area (Å²) in [6.07, 6.45) is 2.12. The fraction of sp³-hybridized carbons (Fsp3) is 0.429. The van der Waals surface area contributed by atoms with Crippen molar-refractivity contribution >= 4 is 18.3 Å². The lowest BCUT2D eigenvalue weighted by Gasteiger charge is -2.32. The molecule has 0 saturated carbocycles. The summed E-state index contributed by atoms with van der Waals surface area (Å²) in [5.41, 5.74) is 2.60. The number of hydroxylamine groups is 2. The fourth-order valence-electron chi connectivity index (χ4n) is 4.93. The number of nitrogens with zero attached hydrogens (tertiary/aromatic N) is 2. The van der Waals surface area contributed by atoms with E-state index in [1.54, 1.807) is 20.8 Å². The Labute approximate surface area is 269 Å². The maximum absolute atomic E-state index is 13.0. The lowest BCUT2D eigenvalue weighted by molar-refractivity contribution is -0.232. The zero-order valence-electron chi connectivity index (χ0n) is 27.1. The van der Waals surface area contributed by atoms with E-state index in [0.717, 1.165) is 52.5 Å². The van der Waals surface area contributed by atoms with Gasteiger partial charge >= 0.3 is 5.97 Å². The van der Waals surface area contributed by atoms with E-state index in [1.807, 2.05) is 74.5 Å². The summed E-state index contributed by atoms with van der Waals surface area (Å²) >= 11 is 0. The van der Waals surface area contributed by atoms with E-state index in [-0.39, 0.29) is 12.2 Å². The molecule has 0 radical (unpaired) electrons. The van der Waals surface area contributed by atoms with Gasteiger partial charge in [0.2, 0.25) is 25.0 Å². The molecule has 2 aromatic carbocycles. The van der Waals surface area contributed by atoms with E-state index in [2.05, 4.69) is 5.32 Å². The number of hydrogen-bond acceptors (Lipinski definition) is 8. The van der Waals surface area contributed by atoms with Crippen LogP contribution in [0.3, 0.4) is 0 Å². The minimum atomic E-state index is -1.29. The summed E-state index contributed by atoms with van der Waals surface area (Å²) < 4.78 is 17.2. The number of ether oxygens (including phenoxy) is 3. The number of rotatable bonds is 16. The molecule has 0 fully saturated rings. The van der Waals surface area contributed by atoms with Gasteiger partial charge in [-0.1, -0.05) is 50.2 Å². The first kappa shape index (κ1) is 34.2. The van der Waals surface area contributed by atoms with Crippen molar-refractivity contribution in [2.24, 2.45) is 5.41 Å². The highest BCUT2D eigenvalue weighted by Gasteiger charge is 2.32. The van der Waals surface area contributed by atoms with Crippen LogP contribution in [0.1, 0.15) is 60.3 Å². The Bertz CT molecular complexity index is 1500. The lowest BCUT2D eigenvalue weighted by Crippen LogP contribution is -2.51. The van der Waals surface area contributed by atoms with Gasteiger partial charge in [-0.05, 0) is 74.8 Å². The van der Waals surface area contributed by atoms with E-state index >= 15 is 0 Å². The number of unbranched alkanes of at least 4 members (excludes halogenated alkanes) is 1. The van der Waals surface area contributed by atoms with Crippen LogP contribution in [0.5, 0.6) is 17.4 Å². The topological polar surface area (TPSA) is 137 Å². The molecule has 1 atom stereocenters. The zero-order valence-corrected chi connectivity index (χ0v) is 27.1. The van der Waals surface area contributed by atoms with Crippen molar-refractivity contribution in [1.82, 2.24) is 15.4 Å². The van der Waals surface area contributed by atoms with Crippen LogP contribution < -0.4 is 19.5 Å². The van der Waals surface area contributed by atoms with E-state index in [0.29, 0.717) is 31.2 Å². The number of carbonyl (C=O) groups is 3. The summed E-state index contributed by atoms with van der Waals surface area (Å²) in [5, 5.41) is 12.9. The average molecular weight is 634 g/mol. The van der Waals surface area contributed by atoms with Crippen LogP contribution in [0, 0.1) is 5.41 Å². The van der Waals surface area contributed by atoms with Gasteiger partial charge in [-0.3, -0.25) is 19.2 Å². The Kier molecular flexibility index (Phi) is 11.2. The number of carboxylic acid groups (broad SMARTS) is 1. The number of fused-ring (bicyclic) bond motifs is 1. The van der Waals surface area contributed by atoms with Crippen molar-refractivity contribution in [3.05, 3.63) is 60.7 Å². The molecule has 1 aliphatic heterocycles. The molecule has 2 amide bonds. The molecule has 0 aliphatic carbocycles. The lowest BCUT2D eigenvalue weighted by atomic mass is 9.87. The van der Waals surface area contributed by atoms with E-state index in [1.165, 1.54) is 0 Å². The van der Waals surface area contributed by atoms with Crippen LogP contribution in [-0.2, 0) is 19.2 Å². The standard InChI is InChI=1S/C35H43N3O8/c1-34(2,3)46-38(22-39)28(20-32(40)41)33(42)36-21-35(4,5)15-9-10-16-43-31-19-26(17-27(37-31)24-11-7-6-8-12-24)25-13-14-29-30(18-25)45-23-44-29/h6-8,11-14,17-19,22,28H,9-10,15-16,20-21,23H2,1-5H3,(H,36,42)(H,40,41). The quantitative estimate of drug-likeness (QED) is 0.113. The molecule has 2 N–H and O–H groups in total. The van der Waals surface area contributed by atoms with Crippen molar-refractivity contribution in [3.63, 3.8) is 0 Å². The van der Waals surface area contributed by atoms with Crippen LogP contribution in [0.2, 0.25) is 0 Å². The number of hydrogen-bond donors (Lipinski definition) is 2. The first-order chi connectivity index (χ1) is 21.8. The van der Waals surface area contributed by atoms with Gasteiger partial charge in [0.1, 0.15) is 6.04 Å². The zero-order chi connectivity index (χ0) is 33.3. The molecular weight excluding hydrogens is 590 g/mol. The molecule has 0 bridgehead atoms. The number of nitrogens with one attached hydrogen (secondary N) is 1. The number of carbonyl (C=O) groups excluding carboxylic acids is 2. The van der Waals surface area contributed by atoms with Crippen LogP contribution >= 0.6 is 0 Å². The number of aliphatic carboxylic acids is 1. The Hall–Kier alpha value is -4.64. The molecule has 11 nitrogen and oxygen atoms in total. The third-order valence-corrected chi connectivity index (χ3v) is 7.28. The van der Waals surface area contributed by atoms with Gasteiger partial charge in [0.15, 0.2) is 11.5 Å². The molecule has 1 aromatic heterocycles. The molecule has 0 spiro atoms. The first-order valence-electron chi connectivity index (χ1n) is 15.4. The largest absolute Gasteiger partial charge is 0.481 e. The fourth-order valence-corrected chi connectivity index (χ4v) is 4.93. The van der Waals surface area contributed by atoms with Crippen molar-refractivity contribution in [3.8, 4) is 39.8 Å². The van der Waals surface area contributed by atoms with E-state index < -0.39 is 29.9 Å². The van der Waals surface area contributed by atoms with Crippen molar-refractivity contribution in [2.45, 2.75) is 71.9 Å². The minimum absolute atomic E-state index is 0.207. The SMILES string of the molecule is CC(C)(CCCCOc1cc(-c2ccc3c(c2)OCO3)cc(-c2ccccc2)n1)CNC(=O)C(CC(=O)O)N(C=O)OC(C)(C)C. The van der Waals surface area contributed by atoms with Gasteiger partial charge in [0, 0.05) is 18.2 Å². The maximum atomic E-state index is 13.0. The average Bonchev–Trinajstić information content (AvgIpc) is 3.49. The number of amides is 2. The first-order valence-corrected chi connectivity index (χ1v) is 15.4. The summed E-state index contributed by atoms with van der Waals surface area (Å²) in [6, 6.07) is 18.4. The third kappa shape index (κ3) is 9.93. The van der Waals surface area contributed by atoms with Crippen LogP contribution in [0.15, 0.2) is 60.7 Å². The Morgan fingerprint density at radius 1 is 0.978 bits per heavy atom. The van der Waals surface area contributed by atoms with Gasteiger partial charge in [-0.25, -0.2) is 10.0 Å². The Morgan fingerprint density at radius 3 is 2.41 bits per heavy atom. The molecular formula is C35H43N3O8. The van der Waals surface area contributed by atoms with Crippen molar-refractivity contribution in [2.75, 3.05) is 19.9 Å².